The fraction of sp³-hybridized carbons (Fsp3) is 0.400. The number of hydrogen-bond donors (Lipinski definition) is 0. The second kappa shape index (κ2) is 4.95. The van der Waals surface area contributed by atoms with E-state index in [9.17, 15) is 13.6 Å². The first-order valence-electron chi connectivity index (χ1n) is 6.19. The van der Waals surface area contributed by atoms with Gasteiger partial charge in [-0.3, -0.25) is 4.79 Å². The van der Waals surface area contributed by atoms with Crippen molar-refractivity contribution in [3.63, 3.8) is 0 Å². The summed E-state index contributed by atoms with van der Waals surface area (Å²) in [4.78, 5) is 12.0. The molecule has 1 aliphatic rings. The molecule has 0 spiro atoms. The van der Waals surface area contributed by atoms with E-state index in [0.717, 1.165) is 10.5 Å². The van der Waals surface area contributed by atoms with Crippen molar-refractivity contribution in [3.8, 4) is 0 Å². The predicted molar refractivity (Wildman–Crippen MR) is 75.5 cm³/mol. The first-order valence-corrected chi connectivity index (χ1v) is 6.98. The van der Waals surface area contributed by atoms with Gasteiger partial charge < -0.3 is 4.74 Å². The summed E-state index contributed by atoms with van der Waals surface area (Å²) in [5, 5.41) is 0. The molecule has 5 heteroatoms. The number of halogens is 3. The van der Waals surface area contributed by atoms with Crippen LogP contribution in [0.4, 0.5) is 8.78 Å². The Kier molecular flexibility index (Phi) is 3.75. The van der Waals surface area contributed by atoms with Crippen LogP contribution in [-0.4, -0.2) is 11.9 Å². The number of carbonyl (C=O) groups excluding carboxylic acids is 1. The molecule has 0 amide bonds. The lowest BCUT2D eigenvalue weighted by atomic mass is 9.97. The van der Waals surface area contributed by atoms with E-state index in [1.807, 2.05) is 0 Å². The smallest absolute Gasteiger partial charge is 0.312 e. The molecule has 0 bridgehead atoms. The maximum atomic E-state index is 13.3. The maximum Gasteiger partial charge on any atom is 0.312 e. The average Bonchev–Trinajstić information content (AvgIpc) is 2.95. The Hall–Kier alpha value is -1.23. The van der Waals surface area contributed by atoms with Crippen LogP contribution in [0.5, 0.6) is 0 Å². The molecule has 20 heavy (non-hydrogen) atoms. The lowest BCUT2D eigenvalue weighted by Gasteiger charge is -2.23. The highest BCUT2D eigenvalue weighted by Crippen LogP contribution is 2.49. The Morgan fingerprint density at radius 1 is 1.25 bits per heavy atom. The van der Waals surface area contributed by atoms with E-state index < -0.39 is 23.4 Å². The van der Waals surface area contributed by atoms with Gasteiger partial charge in [-0.25, -0.2) is 0 Å². The molecule has 0 N–H and O–H groups in total. The lowest BCUT2D eigenvalue weighted by molar-refractivity contribution is -0.157. The van der Waals surface area contributed by atoms with Crippen LogP contribution < -0.4 is 0 Å². The number of carbonyl (C=O) groups is 1. The van der Waals surface area contributed by atoms with E-state index in [1.54, 1.807) is 45.0 Å². The Bertz CT molecular complexity index is 556. The van der Waals surface area contributed by atoms with E-state index in [2.05, 4.69) is 15.9 Å². The van der Waals surface area contributed by atoms with Crippen molar-refractivity contribution in [2.75, 3.05) is 0 Å². The molecule has 1 unspecified atom stereocenters. The maximum absolute atomic E-state index is 13.3. The molecule has 1 aromatic carbocycles. The zero-order valence-electron chi connectivity index (χ0n) is 11.4. The van der Waals surface area contributed by atoms with Gasteiger partial charge in [0.1, 0.15) is 0 Å². The van der Waals surface area contributed by atoms with Crippen molar-refractivity contribution >= 4 is 21.9 Å². The van der Waals surface area contributed by atoms with Crippen LogP contribution in [0.1, 0.15) is 32.4 Å². The molecule has 0 fully saturated rings. The predicted octanol–water partition coefficient (Wildman–Crippen LogP) is 4.65. The first-order chi connectivity index (χ1) is 9.11. The Balaban J connectivity index is 2.25. The van der Waals surface area contributed by atoms with Gasteiger partial charge in [0.2, 0.25) is 0 Å². The molecule has 0 saturated carbocycles. The summed E-state index contributed by atoms with van der Waals surface area (Å²) in [7, 11) is 0. The third-order valence-corrected chi connectivity index (χ3v) is 3.46. The molecule has 0 aromatic heterocycles. The summed E-state index contributed by atoms with van der Waals surface area (Å²) >= 11 is 3.28. The summed E-state index contributed by atoms with van der Waals surface area (Å²) < 4.78 is 32.7. The van der Waals surface area contributed by atoms with Gasteiger partial charge in [-0.05, 0) is 44.5 Å². The third kappa shape index (κ3) is 3.26. The minimum atomic E-state index is -2.95. The number of hydrogen-bond acceptors (Lipinski definition) is 2. The normalized spacial score (nSPS) is 18.2. The van der Waals surface area contributed by atoms with Gasteiger partial charge in [-0.15, -0.1) is 0 Å². The van der Waals surface area contributed by atoms with E-state index in [4.69, 9.17) is 4.74 Å². The number of rotatable bonds is 3. The van der Waals surface area contributed by atoms with Crippen molar-refractivity contribution in [1.82, 2.24) is 0 Å². The first kappa shape index (κ1) is 15.2. The molecule has 1 aliphatic carbocycles. The summed E-state index contributed by atoms with van der Waals surface area (Å²) in [5.41, 5.74) is -0.357. The van der Waals surface area contributed by atoms with Gasteiger partial charge >= 0.3 is 5.97 Å². The van der Waals surface area contributed by atoms with E-state index in [-0.39, 0.29) is 5.57 Å². The Labute approximate surface area is 124 Å². The highest BCUT2D eigenvalue weighted by molar-refractivity contribution is 9.10. The van der Waals surface area contributed by atoms with Crippen LogP contribution >= 0.6 is 15.9 Å². The Morgan fingerprint density at radius 3 is 2.15 bits per heavy atom. The molecule has 0 saturated heterocycles. The second-order valence-electron chi connectivity index (χ2n) is 5.81. The van der Waals surface area contributed by atoms with Gasteiger partial charge in [0, 0.05) is 10.0 Å². The van der Waals surface area contributed by atoms with Crippen LogP contribution in [0.3, 0.4) is 0 Å². The van der Waals surface area contributed by atoms with E-state index in [1.165, 1.54) is 0 Å². The quantitative estimate of drug-likeness (QED) is 0.589. The van der Waals surface area contributed by atoms with Crippen LogP contribution in [0, 0.1) is 5.41 Å². The molecule has 0 heterocycles. The molecule has 0 aliphatic heterocycles. The fourth-order valence-corrected chi connectivity index (χ4v) is 1.91. The van der Waals surface area contributed by atoms with Crippen molar-refractivity contribution < 1.29 is 18.3 Å². The average molecular weight is 345 g/mol. The monoisotopic (exact) mass is 344 g/mol. The van der Waals surface area contributed by atoms with Gasteiger partial charge in [0.05, 0.1) is 5.41 Å². The minimum Gasteiger partial charge on any atom is -0.452 e. The standard InChI is InChI=1S/C15H15BrF2O2/c1-14(2,3)13(19)20-12(11-8-15(11,17)18)9-4-6-10(16)7-5-9/h4-8,12H,1-3H3. The Morgan fingerprint density at radius 2 is 1.75 bits per heavy atom. The molecular formula is C15H15BrF2O2. The number of allylic oxidation sites excluding steroid dienone is 1. The van der Waals surface area contributed by atoms with Crippen molar-refractivity contribution in [2.24, 2.45) is 5.41 Å². The second-order valence-corrected chi connectivity index (χ2v) is 6.73. The summed E-state index contributed by atoms with van der Waals surface area (Å²) in [5.74, 6) is -3.45. The molecule has 1 aromatic rings. The van der Waals surface area contributed by atoms with Crippen molar-refractivity contribution in [3.05, 3.63) is 46.0 Å². The highest BCUT2D eigenvalue weighted by Gasteiger charge is 2.51. The third-order valence-electron chi connectivity index (χ3n) is 2.93. The molecular weight excluding hydrogens is 330 g/mol. The summed E-state index contributed by atoms with van der Waals surface area (Å²) in [6, 6.07) is 6.79. The molecule has 108 valence electrons. The fourth-order valence-electron chi connectivity index (χ4n) is 1.64. The zero-order valence-corrected chi connectivity index (χ0v) is 13.0. The van der Waals surface area contributed by atoms with Crippen LogP contribution in [0.25, 0.3) is 0 Å². The van der Waals surface area contributed by atoms with Crippen LogP contribution in [0.2, 0.25) is 0 Å². The highest BCUT2D eigenvalue weighted by atomic mass is 79.9. The van der Waals surface area contributed by atoms with E-state index in [0.29, 0.717) is 5.56 Å². The van der Waals surface area contributed by atoms with Gasteiger partial charge in [0.15, 0.2) is 6.10 Å². The minimum absolute atomic E-state index is 0.155. The molecule has 2 rings (SSSR count). The molecule has 1 atom stereocenters. The largest absolute Gasteiger partial charge is 0.452 e. The number of esters is 1. The SMILES string of the molecule is CC(C)(C)C(=O)OC(C1=CC1(F)F)c1ccc(Br)cc1. The number of benzene rings is 1. The van der Waals surface area contributed by atoms with Crippen LogP contribution in [-0.2, 0) is 9.53 Å². The van der Waals surface area contributed by atoms with Gasteiger partial charge in [-0.1, -0.05) is 28.1 Å². The molecule has 2 nitrogen and oxygen atoms in total. The topological polar surface area (TPSA) is 26.3 Å². The zero-order chi connectivity index (χ0) is 15.1. The van der Waals surface area contributed by atoms with Crippen molar-refractivity contribution in [2.45, 2.75) is 32.8 Å². The van der Waals surface area contributed by atoms with Crippen LogP contribution in [0.15, 0.2) is 40.4 Å². The number of ether oxygens (including phenoxy) is 1. The number of alkyl halides is 2. The van der Waals surface area contributed by atoms with Gasteiger partial charge in [-0.2, -0.15) is 8.78 Å². The molecule has 0 radical (unpaired) electrons. The lowest BCUT2D eigenvalue weighted by Crippen LogP contribution is -2.25. The summed E-state index contributed by atoms with van der Waals surface area (Å²) in [6.45, 7) is 5.06. The summed E-state index contributed by atoms with van der Waals surface area (Å²) in [6.07, 6.45) is -0.194. The van der Waals surface area contributed by atoms with E-state index >= 15 is 0 Å². The van der Waals surface area contributed by atoms with Crippen molar-refractivity contribution in [1.29, 1.82) is 0 Å². The van der Waals surface area contributed by atoms with Gasteiger partial charge in [0.25, 0.3) is 5.92 Å².